The Labute approximate surface area is 156 Å². The number of hydrogen-bond acceptors (Lipinski definition) is 6. The lowest BCUT2D eigenvalue weighted by Crippen LogP contribution is -2.38. The number of phenols is 1. The van der Waals surface area contributed by atoms with Gasteiger partial charge in [-0.15, -0.1) is 0 Å². The zero-order valence-corrected chi connectivity index (χ0v) is 14.8. The van der Waals surface area contributed by atoms with E-state index in [2.05, 4.69) is 20.2 Å². The second kappa shape index (κ2) is 7.73. The first-order valence-electron chi connectivity index (χ1n) is 8.92. The monoisotopic (exact) mass is 367 g/mol. The highest BCUT2D eigenvalue weighted by Crippen LogP contribution is 2.28. The van der Waals surface area contributed by atoms with Gasteiger partial charge in [-0.25, -0.2) is 4.98 Å². The van der Waals surface area contributed by atoms with E-state index in [-0.39, 0.29) is 11.7 Å². The molecule has 2 aromatic heterocycles. The summed E-state index contributed by atoms with van der Waals surface area (Å²) in [5.41, 5.74) is 1.71. The number of carbonyl (C=O) groups excluding carboxylic acids is 1. The van der Waals surface area contributed by atoms with Gasteiger partial charge in [-0.05, 0) is 24.3 Å². The van der Waals surface area contributed by atoms with Crippen LogP contribution >= 0.6 is 0 Å². The van der Waals surface area contributed by atoms with E-state index in [4.69, 9.17) is 4.74 Å². The summed E-state index contributed by atoms with van der Waals surface area (Å²) in [4.78, 5) is 23.3. The molecule has 3 aromatic rings. The van der Waals surface area contributed by atoms with Gasteiger partial charge in [0.05, 0.1) is 24.3 Å². The lowest BCUT2D eigenvalue weighted by atomic mass is 10.3. The Morgan fingerprint density at radius 1 is 1.19 bits per heavy atom. The maximum Gasteiger partial charge on any atom is 0.259 e. The van der Waals surface area contributed by atoms with Gasteiger partial charge in [-0.2, -0.15) is 0 Å². The first kappa shape index (κ1) is 17.4. The van der Waals surface area contributed by atoms with E-state index in [1.807, 2.05) is 10.6 Å². The van der Waals surface area contributed by atoms with Crippen molar-refractivity contribution in [3.8, 4) is 5.75 Å². The Balaban J connectivity index is 1.62. The zero-order valence-electron chi connectivity index (χ0n) is 14.8. The van der Waals surface area contributed by atoms with Crippen LogP contribution in [-0.4, -0.2) is 63.3 Å². The third-order valence-electron chi connectivity index (χ3n) is 4.64. The molecule has 0 radical (unpaired) electrons. The van der Waals surface area contributed by atoms with Gasteiger partial charge in [-0.1, -0.05) is 6.07 Å². The molecule has 27 heavy (non-hydrogen) atoms. The van der Waals surface area contributed by atoms with Crippen LogP contribution in [0, 0.1) is 0 Å². The lowest BCUT2D eigenvalue weighted by molar-refractivity contribution is 0.0366. The molecule has 1 aromatic carbocycles. The summed E-state index contributed by atoms with van der Waals surface area (Å²) < 4.78 is 7.24. The molecule has 0 atom stereocenters. The summed E-state index contributed by atoms with van der Waals surface area (Å²) in [7, 11) is 0. The number of fused-ring (bicyclic) bond motifs is 1. The molecule has 3 heterocycles. The molecule has 1 aliphatic rings. The Hall–Kier alpha value is -2.97. The maximum atomic E-state index is 12.5. The van der Waals surface area contributed by atoms with Crippen molar-refractivity contribution in [1.82, 2.24) is 19.4 Å². The summed E-state index contributed by atoms with van der Waals surface area (Å²) >= 11 is 0. The second-order valence-corrected chi connectivity index (χ2v) is 6.38. The average Bonchev–Trinajstić information content (AvgIpc) is 3.06. The molecule has 0 unspecified atom stereocenters. The summed E-state index contributed by atoms with van der Waals surface area (Å²) in [5.74, 6) is 0.267. The molecule has 8 heteroatoms. The van der Waals surface area contributed by atoms with Crippen LogP contribution in [-0.2, 0) is 11.3 Å². The number of aromatic hydroxyl groups is 1. The summed E-state index contributed by atoms with van der Waals surface area (Å²) in [6.45, 7) is 4.56. The van der Waals surface area contributed by atoms with Crippen molar-refractivity contribution in [2.24, 2.45) is 0 Å². The number of morpholine rings is 1. The van der Waals surface area contributed by atoms with Crippen LogP contribution in [0.2, 0.25) is 0 Å². The van der Waals surface area contributed by atoms with Crippen LogP contribution in [0.1, 0.15) is 10.4 Å². The van der Waals surface area contributed by atoms with Gasteiger partial charge in [0.25, 0.3) is 5.91 Å². The van der Waals surface area contributed by atoms with Crippen LogP contribution < -0.4 is 5.32 Å². The van der Waals surface area contributed by atoms with E-state index >= 15 is 0 Å². The van der Waals surface area contributed by atoms with Gasteiger partial charge in [-0.3, -0.25) is 20.0 Å². The number of anilines is 1. The number of hydrogen-bond donors (Lipinski definition) is 2. The predicted molar refractivity (Wildman–Crippen MR) is 101 cm³/mol. The van der Waals surface area contributed by atoms with Crippen molar-refractivity contribution in [2.45, 2.75) is 6.54 Å². The predicted octanol–water partition coefficient (Wildman–Crippen LogP) is 1.72. The van der Waals surface area contributed by atoms with Crippen LogP contribution in [0.4, 0.5) is 5.95 Å². The minimum atomic E-state index is -0.287. The number of phenolic OH excluding ortho intramolecular Hbond substituents is 1. The number of nitrogens with one attached hydrogen (secondary N) is 1. The summed E-state index contributed by atoms with van der Waals surface area (Å²) in [6.07, 6.45) is 3.12. The standard InChI is InChI=1S/C19H21N5O3/c25-16-5-1-4-15-17(16)24(8-7-23-9-11-27-12-10-23)19(21-15)22-18(26)14-3-2-6-20-13-14/h1-6,13,25H,7-12H2,(H,21,22,26). The highest BCUT2D eigenvalue weighted by Gasteiger charge is 2.18. The Morgan fingerprint density at radius 2 is 2.04 bits per heavy atom. The number of rotatable bonds is 5. The molecule has 0 aliphatic carbocycles. The minimum absolute atomic E-state index is 0.142. The van der Waals surface area contributed by atoms with Gasteiger partial charge in [0.15, 0.2) is 0 Å². The lowest BCUT2D eigenvalue weighted by Gasteiger charge is -2.27. The number of nitrogens with zero attached hydrogens (tertiary/aromatic N) is 4. The van der Waals surface area contributed by atoms with E-state index in [0.29, 0.717) is 29.1 Å². The van der Waals surface area contributed by atoms with Crippen molar-refractivity contribution in [3.63, 3.8) is 0 Å². The molecule has 0 saturated carbocycles. The largest absolute Gasteiger partial charge is 0.506 e. The molecule has 1 aliphatic heterocycles. The van der Waals surface area contributed by atoms with Crippen molar-refractivity contribution in [2.75, 3.05) is 38.2 Å². The van der Waals surface area contributed by atoms with E-state index in [1.165, 1.54) is 6.20 Å². The maximum absolute atomic E-state index is 12.5. The fourth-order valence-corrected chi connectivity index (χ4v) is 3.22. The summed E-state index contributed by atoms with van der Waals surface area (Å²) in [6, 6.07) is 8.59. The third kappa shape index (κ3) is 3.76. The van der Waals surface area contributed by atoms with Crippen LogP contribution in [0.5, 0.6) is 5.75 Å². The summed E-state index contributed by atoms with van der Waals surface area (Å²) in [5, 5.41) is 13.2. The number of carbonyl (C=O) groups is 1. The highest BCUT2D eigenvalue weighted by molar-refractivity contribution is 6.04. The molecule has 4 rings (SSSR count). The first-order valence-corrected chi connectivity index (χ1v) is 8.92. The molecule has 8 nitrogen and oxygen atoms in total. The topological polar surface area (TPSA) is 92.5 Å². The Morgan fingerprint density at radius 3 is 2.81 bits per heavy atom. The van der Waals surface area contributed by atoms with E-state index in [1.54, 1.807) is 30.5 Å². The van der Waals surface area contributed by atoms with Crippen LogP contribution in [0.15, 0.2) is 42.7 Å². The van der Waals surface area contributed by atoms with Crippen LogP contribution in [0.25, 0.3) is 11.0 Å². The number of para-hydroxylation sites is 1. The van der Waals surface area contributed by atoms with E-state index in [9.17, 15) is 9.90 Å². The van der Waals surface area contributed by atoms with E-state index < -0.39 is 0 Å². The van der Waals surface area contributed by atoms with Crippen molar-refractivity contribution in [1.29, 1.82) is 0 Å². The molecule has 140 valence electrons. The van der Waals surface area contributed by atoms with Gasteiger partial charge in [0.1, 0.15) is 11.3 Å². The Kier molecular flexibility index (Phi) is 4.99. The highest BCUT2D eigenvalue weighted by atomic mass is 16.5. The smallest absolute Gasteiger partial charge is 0.259 e. The van der Waals surface area contributed by atoms with Gasteiger partial charge in [0, 0.05) is 38.6 Å². The van der Waals surface area contributed by atoms with Gasteiger partial charge in [0.2, 0.25) is 5.95 Å². The fraction of sp³-hybridized carbons (Fsp3) is 0.316. The minimum Gasteiger partial charge on any atom is -0.506 e. The van der Waals surface area contributed by atoms with Crippen molar-refractivity contribution >= 4 is 22.9 Å². The number of imidazole rings is 1. The number of pyridine rings is 1. The number of ether oxygens (including phenoxy) is 1. The number of aromatic nitrogens is 3. The zero-order chi connectivity index (χ0) is 18.6. The first-order chi connectivity index (χ1) is 13.2. The normalized spacial score (nSPS) is 15.1. The van der Waals surface area contributed by atoms with Gasteiger partial charge < -0.3 is 14.4 Å². The quantitative estimate of drug-likeness (QED) is 0.713. The molecule has 2 N–H and O–H groups in total. The SMILES string of the molecule is O=C(Nc1nc2cccc(O)c2n1CCN1CCOCC1)c1cccnc1. The van der Waals surface area contributed by atoms with Crippen molar-refractivity contribution in [3.05, 3.63) is 48.3 Å². The molecule has 0 bridgehead atoms. The second-order valence-electron chi connectivity index (χ2n) is 6.38. The number of benzene rings is 1. The Bertz CT molecular complexity index is 935. The average molecular weight is 367 g/mol. The van der Waals surface area contributed by atoms with E-state index in [0.717, 1.165) is 32.8 Å². The number of amides is 1. The molecular weight excluding hydrogens is 346 g/mol. The third-order valence-corrected chi connectivity index (χ3v) is 4.64. The van der Waals surface area contributed by atoms with Crippen LogP contribution in [0.3, 0.4) is 0 Å². The molecule has 1 fully saturated rings. The molecule has 1 amide bonds. The molecule has 1 saturated heterocycles. The van der Waals surface area contributed by atoms with Crippen molar-refractivity contribution < 1.29 is 14.6 Å². The molecule has 0 spiro atoms. The fourth-order valence-electron chi connectivity index (χ4n) is 3.22. The molecular formula is C19H21N5O3. The van der Waals surface area contributed by atoms with Gasteiger partial charge >= 0.3 is 0 Å².